The number of hydrogen-bond acceptors (Lipinski definition) is 5. The quantitative estimate of drug-likeness (QED) is 0.344. The molecule has 0 fully saturated rings. The Morgan fingerprint density at radius 2 is 1.73 bits per heavy atom. The van der Waals surface area contributed by atoms with Crippen molar-refractivity contribution < 1.29 is 4.79 Å². The second-order valence-electron chi connectivity index (χ2n) is 7.46. The maximum Gasteiger partial charge on any atom is 0.225 e. The topological polar surface area (TPSA) is 78.7 Å². The summed E-state index contributed by atoms with van der Waals surface area (Å²) in [6.07, 6.45) is 3.57. The molecule has 0 aliphatic rings. The van der Waals surface area contributed by atoms with Gasteiger partial charge in [-0.15, -0.1) is 11.8 Å². The number of thioether (sulfide) groups is 1. The Morgan fingerprint density at radius 1 is 1.00 bits per heavy atom. The van der Waals surface area contributed by atoms with E-state index in [0.717, 1.165) is 27.9 Å². The lowest BCUT2D eigenvalue weighted by Crippen LogP contribution is -2.12. The van der Waals surface area contributed by atoms with Gasteiger partial charge in [0.2, 0.25) is 5.91 Å². The summed E-state index contributed by atoms with van der Waals surface area (Å²) in [4.78, 5) is 21.1. The number of aryl methyl sites for hydroxylation is 1. The van der Waals surface area contributed by atoms with Gasteiger partial charge >= 0.3 is 0 Å². The molecule has 0 aliphatic heterocycles. The van der Waals surface area contributed by atoms with Crippen molar-refractivity contribution in [2.45, 2.75) is 18.4 Å². The second-order valence-corrected chi connectivity index (χ2v) is 8.55. The molecule has 2 aromatic heterocycles. The lowest BCUT2D eigenvalue weighted by atomic mass is 9.98. The van der Waals surface area contributed by atoms with Gasteiger partial charge in [-0.05, 0) is 30.7 Å². The zero-order valence-corrected chi connectivity index (χ0v) is 19.0. The van der Waals surface area contributed by atoms with Crippen molar-refractivity contribution in [3.05, 3.63) is 96.3 Å². The molecular formula is C27H22N4OS. The number of hydrogen-bond donors (Lipinski definition) is 1. The summed E-state index contributed by atoms with van der Waals surface area (Å²) >= 11 is 1.42. The molecule has 1 N–H and O–H groups in total. The van der Waals surface area contributed by atoms with Gasteiger partial charge in [0.25, 0.3) is 0 Å². The molecule has 0 bridgehead atoms. The first-order chi connectivity index (χ1) is 16.1. The van der Waals surface area contributed by atoms with Gasteiger partial charge in [-0.1, -0.05) is 60.2 Å². The van der Waals surface area contributed by atoms with E-state index in [1.54, 1.807) is 24.5 Å². The lowest BCUT2D eigenvalue weighted by Gasteiger charge is -2.13. The number of rotatable bonds is 7. The van der Waals surface area contributed by atoms with Crippen molar-refractivity contribution >= 4 is 23.4 Å². The molecule has 0 unspecified atom stereocenters. The first-order valence-electron chi connectivity index (χ1n) is 10.5. The summed E-state index contributed by atoms with van der Waals surface area (Å²) in [6.45, 7) is 2.04. The highest BCUT2D eigenvalue weighted by atomic mass is 32.2. The van der Waals surface area contributed by atoms with E-state index in [1.165, 1.54) is 11.8 Å². The Balaban J connectivity index is 1.62. The summed E-state index contributed by atoms with van der Waals surface area (Å²) in [6, 6.07) is 25.8. The molecule has 162 valence electrons. The molecule has 6 heteroatoms. The van der Waals surface area contributed by atoms with E-state index in [0.29, 0.717) is 28.5 Å². The van der Waals surface area contributed by atoms with Gasteiger partial charge in [0, 0.05) is 41.4 Å². The first kappa shape index (κ1) is 22.3. The van der Waals surface area contributed by atoms with Crippen LogP contribution in [0.2, 0.25) is 0 Å². The van der Waals surface area contributed by atoms with Crippen molar-refractivity contribution in [2.75, 3.05) is 11.1 Å². The number of nitriles is 1. The number of nitrogens with zero attached hydrogens (tertiary/aromatic N) is 3. The summed E-state index contributed by atoms with van der Waals surface area (Å²) in [5.74, 6) is 0.412. The molecule has 0 spiro atoms. The number of carbonyl (C=O) groups excluding carboxylic acids is 1. The van der Waals surface area contributed by atoms with E-state index in [-0.39, 0.29) is 5.91 Å². The second kappa shape index (κ2) is 10.6. The highest BCUT2D eigenvalue weighted by Crippen LogP contribution is 2.34. The highest BCUT2D eigenvalue weighted by Gasteiger charge is 2.16. The predicted molar refractivity (Wildman–Crippen MR) is 133 cm³/mol. The van der Waals surface area contributed by atoms with Crippen LogP contribution in [0.5, 0.6) is 0 Å². The van der Waals surface area contributed by atoms with E-state index < -0.39 is 0 Å². The number of anilines is 1. The largest absolute Gasteiger partial charge is 0.326 e. The van der Waals surface area contributed by atoms with Crippen molar-refractivity contribution in [1.29, 1.82) is 5.26 Å². The summed E-state index contributed by atoms with van der Waals surface area (Å²) in [5.41, 5.74) is 5.98. The smallest absolute Gasteiger partial charge is 0.225 e. The Bertz CT molecular complexity index is 1280. The minimum absolute atomic E-state index is 0.0924. The first-order valence-corrected chi connectivity index (χ1v) is 11.5. The van der Waals surface area contributed by atoms with E-state index >= 15 is 0 Å². The SMILES string of the molecule is Cc1ccc(-c2cc(-c3ccccc3)nc(SCCC(=O)Nc3ccncc3)c2C#N)cc1. The third-order valence-electron chi connectivity index (χ3n) is 5.06. The maximum absolute atomic E-state index is 12.3. The minimum atomic E-state index is -0.0924. The maximum atomic E-state index is 12.3. The normalized spacial score (nSPS) is 10.4. The van der Waals surface area contributed by atoms with Crippen LogP contribution in [-0.2, 0) is 4.79 Å². The molecule has 2 heterocycles. The molecule has 5 nitrogen and oxygen atoms in total. The van der Waals surface area contributed by atoms with Gasteiger partial charge < -0.3 is 5.32 Å². The highest BCUT2D eigenvalue weighted by molar-refractivity contribution is 7.99. The van der Waals surface area contributed by atoms with Crippen LogP contribution in [0.25, 0.3) is 22.4 Å². The van der Waals surface area contributed by atoms with Gasteiger partial charge in [0.1, 0.15) is 11.1 Å². The number of carbonyl (C=O) groups is 1. The molecular weight excluding hydrogens is 428 g/mol. The molecule has 0 radical (unpaired) electrons. The van der Waals surface area contributed by atoms with Gasteiger partial charge in [-0.3, -0.25) is 9.78 Å². The van der Waals surface area contributed by atoms with E-state index in [2.05, 4.69) is 16.4 Å². The number of pyridine rings is 2. The van der Waals surface area contributed by atoms with Gasteiger partial charge in [0.15, 0.2) is 0 Å². The number of aromatic nitrogens is 2. The number of amides is 1. The zero-order chi connectivity index (χ0) is 23.0. The fourth-order valence-electron chi connectivity index (χ4n) is 3.35. The van der Waals surface area contributed by atoms with E-state index in [1.807, 2.05) is 67.6 Å². The summed E-state index contributed by atoms with van der Waals surface area (Å²) in [7, 11) is 0. The minimum Gasteiger partial charge on any atom is -0.326 e. The Labute approximate surface area is 197 Å². The summed E-state index contributed by atoms with van der Waals surface area (Å²) in [5, 5.41) is 13.5. The molecule has 33 heavy (non-hydrogen) atoms. The van der Waals surface area contributed by atoms with E-state index in [9.17, 15) is 10.1 Å². The molecule has 0 saturated carbocycles. The molecule has 0 atom stereocenters. The van der Waals surface area contributed by atoms with Crippen LogP contribution < -0.4 is 5.32 Å². The van der Waals surface area contributed by atoms with Crippen molar-refractivity contribution in [1.82, 2.24) is 9.97 Å². The monoisotopic (exact) mass is 450 g/mol. The zero-order valence-electron chi connectivity index (χ0n) is 18.2. The number of benzene rings is 2. The average molecular weight is 451 g/mol. The predicted octanol–water partition coefficient (Wildman–Crippen LogP) is 6.11. The van der Waals surface area contributed by atoms with Crippen LogP contribution >= 0.6 is 11.8 Å². The van der Waals surface area contributed by atoms with Gasteiger partial charge in [-0.2, -0.15) is 5.26 Å². The van der Waals surface area contributed by atoms with Crippen molar-refractivity contribution in [3.63, 3.8) is 0 Å². The fourth-order valence-corrected chi connectivity index (χ4v) is 4.29. The third-order valence-corrected chi connectivity index (χ3v) is 6.04. The molecule has 2 aromatic carbocycles. The Kier molecular flexibility index (Phi) is 7.13. The Hall–Kier alpha value is -3.95. The van der Waals surface area contributed by atoms with Crippen molar-refractivity contribution in [2.24, 2.45) is 0 Å². The van der Waals surface area contributed by atoms with E-state index in [4.69, 9.17) is 4.98 Å². The van der Waals surface area contributed by atoms with Gasteiger partial charge in [-0.25, -0.2) is 4.98 Å². The number of nitrogens with one attached hydrogen (secondary N) is 1. The molecule has 0 aliphatic carbocycles. The molecule has 1 amide bonds. The van der Waals surface area contributed by atoms with Crippen LogP contribution in [0.3, 0.4) is 0 Å². The standard InChI is InChI=1S/C27H22N4OS/c1-19-7-9-20(10-8-19)23-17-25(21-5-3-2-4-6-21)31-27(24(23)18-28)33-16-13-26(32)30-22-11-14-29-15-12-22/h2-12,14-15,17H,13,16H2,1H3,(H,29,30,32). The van der Waals surface area contributed by atoms with Gasteiger partial charge in [0.05, 0.1) is 11.3 Å². The van der Waals surface area contributed by atoms with Crippen LogP contribution in [0.4, 0.5) is 5.69 Å². The molecule has 0 saturated heterocycles. The van der Waals surface area contributed by atoms with Crippen LogP contribution in [0.15, 0.2) is 90.2 Å². The van der Waals surface area contributed by atoms with Crippen molar-refractivity contribution in [3.8, 4) is 28.5 Å². The molecule has 4 aromatic rings. The Morgan fingerprint density at radius 3 is 2.42 bits per heavy atom. The van der Waals surface area contributed by atoms with Crippen LogP contribution in [0.1, 0.15) is 17.5 Å². The molecule has 4 rings (SSSR count). The average Bonchev–Trinajstić information content (AvgIpc) is 2.85. The third kappa shape index (κ3) is 5.65. The van der Waals surface area contributed by atoms with Crippen LogP contribution in [-0.4, -0.2) is 21.6 Å². The van der Waals surface area contributed by atoms with Crippen LogP contribution in [0, 0.1) is 18.3 Å². The summed E-state index contributed by atoms with van der Waals surface area (Å²) < 4.78 is 0. The fraction of sp³-hybridized carbons (Fsp3) is 0.111. The lowest BCUT2D eigenvalue weighted by molar-refractivity contribution is -0.115.